The molecule has 3 rings (SSSR count). The van der Waals surface area contributed by atoms with Gasteiger partial charge in [0.25, 0.3) is 0 Å². The van der Waals surface area contributed by atoms with Gasteiger partial charge in [0, 0.05) is 18.1 Å². The minimum Gasteiger partial charge on any atom is -0.453 e. The zero-order valence-corrected chi connectivity index (χ0v) is 11.8. The lowest BCUT2D eigenvalue weighted by Crippen LogP contribution is -2.04. The molecule has 0 amide bonds. The molecular weight excluding hydrogens is 274 g/mol. The topological polar surface area (TPSA) is 51.0 Å². The van der Waals surface area contributed by atoms with Gasteiger partial charge in [-0.3, -0.25) is 0 Å². The van der Waals surface area contributed by atoms with E-state index in [1.165, 1.54) is 0 Å². The molecule has 0 bridgehead atoms. The van der Waals surface area contributed by atoms with Crippen LogP contribution in [0.2, 0.25) is 5.02 Å². The fourth-order valence-electron chi connectivity index (χ4n) is 1.97. The Morgan fingerprint density at radius 3 is 3.00 bits per heavy atom. The zero-order chi connectivity index (χ0) is 13.9. The number of halogens is 1. The van der Waals surface area contributed by atoms with E-state index in [1.807, 2.05) is 30.3 Å². The van der Waals surface area contributed by atoms with Crippen LogP contribution in [-0.4, -0.2) is 16.5 Å². The number of nitrogens with zero attached hydrogens (tertiary/aromatic N) is 2. The lowest BCUT2D eigenvalue weighted by atomic mass is 10.2. The van der Waals surface area contributed by atoms with Crippen molar-refractivity contribution in [3.05, 3.63) is 41.6 Å². The monoisotopic (exact) mass is 287 g/mol. The van der Waals surface area contributed by atoms with Crippen LogP contribution in [0.1, 0.15) is 13.3 Å². The Balaban J connectivity index is 2.00. The first-order valence-corrected chi connectivity index (χ1v) is 6.91. The Hall–Kier alpha value is -2.07. The van der Waals surface area contributed by atoms with Crippen LogP contribution in [-0.2, 0) is 0 Å². The molecule has 0 saturated carbocycles. The fraction of sp³-hybridized carbons (Fsp3) is 0.200. The average Bonchev–Trinajstić information content (AvgIpc) is 2.91. The first-order chi connectivity index (χ1) is 9.78. The quantitative estimate of drug-likeness (QED) is 0.774. The molecule has 2 heterocycles. The van der Waals surface area contributed by atoms with Crippen molar-refractivity contribution in [2.45, 2.75) is 13.3 Å². The summed E-state index contributed by atoms with van der Waals surface area (Å²) in [6.45, 7) is 2.94. The molecule has 2 aromatic heterocycles. The summed E-state index contributed by atoms with van der Waals surface area (Å²) < 4.78 is 5.79. The predicted molar refractivity (Wildman–Crippen MR) is 81.0 cm³/mol. The zero-order valence-electron chi connectivity index (χ0n) is 11.1. The summed E-state index contributed by atoms with van der Waals surface area (Å²) in [6, 6.07) is 9.44. The van der Waals surface area contributed by atoms with Crippen molar-refractivity contribution in [2.75, 3.05) is 11.9 Å². The largest absolute Gasteiger partial charge is 0.453 e. The van der Waals surface area contributed by atoms with E-state index in [4.69, 9.17) is 16.0 Å². The van der Waals surface area contributed by atoms with Crippen LogP contribution >= 0.6 is 11.6 Å². The van der Waals surface area contributed by atoms with Crippen molar-refractivity contribution >= 4 is 28.5 Å². The van der Waals surface area contributed by atoms with Crippen LogP contribution in [0.15, 0.2) is 40.9 Å². The number of furan rings is 1. The number of hydrogen-bond acceptors (Lipinski definition) is 4. The highest BCUT2D eigenvalue weighted by molar-refractivity contribution is 6.34. The molecule has 0 aliphatic rings. The van der Waals surface area contributed by atoms with Gasteiger partial charge in [0.15, 0.2) is 11.3 Å². The maximum Gasteiger partial charge on any atom is 0.223 e. The Kier molecular flexibility index (Phi) is 3.56. The molecule has 102 valence electrons. The molecule has 0 saturated heterocycles. The molecule has 1 aromatic carbocycles. The summed E-state index contributed by atoms with van der Waals surface area (Å²) >= 11 is 6.12. The van der Waals surface area contributed by atoms with Gasteiger partial charge in [0.05, 0.1) is 5.02 Å². The first-order valence-electron chi connectivity index (χ1n) is 6.53. The molecule has 20 heavy (non-hydrogen) atoms. The maximum atomic E-state index is 6.12. The second-order valence-corrected chi connectivity index (χ2v) is 4.87. The normalized spacial score (nSPS) is 10.9. The average molecular weight is 288 g/mol. The lowest BCUT2D eigenvalue weighted by Gasteiger charge is -2.03. The Morgan fingerprint density at radius 2 is 2.20 bits per heavy atom. The molecule has 0 fully saturated rings. The number of hydrogen-bond donors (Lipinski definition) is 1. The van der Waals surface area contributed by atoms with E-state index in [0.29, 0.717) is 22.3 Å². The summed E-state index contributed by atoms with van der Waals surface area (Å²) in [6.07, 6.45) is 2.74. The van der Waals surface area contributed by atoms with Crippen molar-refractivity contribution in [1.82, 2.24) is 9.97 Å². The van der Waals surface area contributed by atoms with Crippen molar-refractivity contribution in [2.24, 2.45) is 0 Å². The number of para-hydroxylation sites is 1. The fourth-order valence-corrected chi connectivity index (χ4v) is 2.19. The van der Waals surface area contributed by atoms with Crippen LogP contribution in [0, 0.1) is 0 Å². The number of fused-ring (bicyclic) bond motifs is 1. The third-order valence-electron chi connectivity index (χ3n) is 2.94. The summed E-state index contributed by atoms with van der Waals surface area (Å²) in [5.41, 5.74) is 1.43. The summed E-state index contributed by atoms with van der Waals surface area (Å²) in [7, 11) is 0. The molecule has 3 aromatic rings. The molecular formula is C15H14ClN3O. The second-order valence-electron chi connectivity index (χ2n) is 4.46. The van der Waals surface area contributed by atoms with Gasteiger partial charge < -0.3 is 9.73 Å². The van der Waals surface area contributed by atoms with Gasteiger partial charge in [0.2, 0.25) is 5.95 Å². The predicted octanol–water partition coefficient (Wildman–Crippen LogP) is 4.37. The van der Waals surface area contributed by atoms with Crippen molar-refractivity contribution in [3.63, 3.8) is 0 Å². The molecule has 0 spiro atoms. The number of aromatic nitrogens is 2. The van der Waals surface area contributed by atoms with E-state index in [-0.39, 0.29) is 0 Å². The van der Waals surface area contributed by atoms with Gasteiger partial charge in [-0.05, 0) is 24.6 Å². The third-order valence-corrected chi connectivity index (χ3v) is 3.23. The number of nitrogens with one attached hydrogen (secondary N) is 1. The van der Waals surface area contributed by atoms with E-state index >= 15 is 0 Å². The Morgan fingerprint density at radius 1 is 1.30 bits per heavy atom. The van der Waals surface area contributed by atoms with Gasteiger partial charge in [-0.1, -0.05) is 30.7 Å². The molecule has 0 unspecified atom stereocenters. The van der Waals surface area contributed by atoms with E-state index in [9.17, 15) is 0 Å². The summed E-state index contributed by atoms with van der Waals surface area (Å²) in [4.78, 5) is 8.63. The standard InChI is InChI=1S/C15H14ClN3O/c1-2-7-17-15-18-8-6-12(19-15)13-9-10-4-3-5-11(16)14(10)20-13/h3-6,8-9H,2,7H2,1H3,(H,17,18,19). The van der Waals surface area contributed by atoms with Crippen LogP contribution in [0.3, 0.4) is 0 Å². The van der Waals surface area contributed by atoms with Gasteiger partial charge in [-0.25, -0.2) is 9.97 Å². The summed E-state index contributed by atoms with van der Waals surface area (Å²) in [5.74, 6) is 1.30. The van der Waals surface area contributed by atoms with Crippen LogP contribution in [0.4, 0.5) is 5.95 Å². The third kappa shape index (κ3) is 2.47. The van der Waals surface area contributed by atoms with Crippen LogP contribution < -0.4 is 5.32 Å². The van der Waals surface area contributed by atoms with Gasteiger partial charge in [0.1, 0.15) is 5.69 Å². The minimum atomic E-state index is 0.604. The van der Waals surface area contributed by atoms with E-state index < -0.39 is 0 Å². The van der Waals surface area contributed by atoms with Gasteiger partial charge in [-0.2, -0.15) is 0 Å². The van der Waals surface area contributed by atoms with E-state index in [1.54, 1.807) is 6.20 Å². The molecule has 0 aliphatic heterocycles. The molecule has 0 atom stereocenters. The highest BCUT2D eigenvalue weighted by Gasteiger charge is 2.10. The van der Waals surface area contributed by atoms with Crippen molar-refractivity contribution in [1.29, 1.82) is 0 Å². The number of rotatable bonds is 4. The number of benzene rings is 1. The SMILES string of the molecule is CCCNc1nccc(-c2cc3cccc(Cl)c3o2)n1. The van der Waals surface area contributed by atoms with E-state index in [0.717, 1.165) is 24.0 Å². The van der Waals surface area contributed by atoms with Crippen molar-refractivity contribution < 1.29 is 4.42 Å². The van der Waals surface area contributed by atoms with E-state index in [2.05, 4.69) is 22.2 Å². The molecule has 0 aliphatic carbocycles. The molecule has 1 N–H and O–H groups in total. The Bertz CT molecular complexity index is 739. The summed E-state index contributed by atoms with van der Waals surface area (Å²) in [5, 5.41) is 4.73. The maximum absolute atomic E-state index is 6.12. The molecule has 0 radical (unpaired) electrons. The van der Waals surface area contributed by atoms with Crippen LogP contribution in [0.25, 0.3) is 22.4 Å². The van der Waals surface area contributed by atoms with Crippen molar-refractivity contribution in [3.8, 4) is 11.5 Å². The van der Waals surface area contributed by atoms with Gasteiger partial charge >= 0.3 is 0 Å². The second kappa shape index (κ2) is 5.51. The Labute approximate surface area is 121 Å². The minimum absolute atomic E-state index is 0.604. The number of anilines is 1. The molecule has 4 nitrogen and oxygen atoms in total. The highest BCUT2D eigenvalue weighted by Crippen LogP contribution is 2.31. The van der Waals surface area contributed by atoms with Gasteiger partial charge in [-0.15, -0.1) is 0 Å². The first kappa shape index (κ1) is 12.9. The molecule has 5 heteroatoms. The lowest BCUT2D eigenvalue weighted by molar-refractivity contribution is 0.628. The smallest absolute Gasteiger partial charge is 0.223 e. The van der Waals surface area contributed by atoms with Crippen LogP contribution in [0.5, 0.6) is 0 Å². The highest BCUT2D eigenvalue weighted by atomic mass is 35.5.